The molecule has 0 radical (unpaired) electrons. The summed E-state index contributed by atoms with van der Waals surface area (Å²) >= 11 is -0.777. The van der Waals surface area contributed by atoms with E-state index in [1.54, 1.807) is 16.8 Å². The third kappa shape index (κ3) is 2.13. The van der Waals surface area contributed by atoms with Crippen LogP contribution in [0.2, 0.25) is 0 Å². The van der Waals surface area contributed by atoms with Crippen LogP contribution in [0.25, 0.3) is 0 Å². The smallest absolute Gasteiger partial charge is 0.357 e. The average molecular weight is 164 g/mol. The van der Waals surface area contributed by atoms with E-state index in [0.29, 0.717) is 5.75 Å². The number of rotatable bonds is 2. The Labute approximate surface area is 58.8 Å². The van der Waals surface area contributed by atoms with E-state index in [9.17, 15) is 4.21 Å². The quantitative estimate of drug-likeness (QED) is 0.669. The van der Waals surface area contributed by atoms with Crippen molar-refractivity contribution in [1.82, 2.24) is 0 Å². The van der Waals surface area contributed by atoms with Crippen molar-refractivity contribution in [1.29, 1.82) is 0 Å². The Balaban J connectivity index is 2.58. The van der Waals surface area contributed by atoms with Crippen molar-refractivity contribution in [2.75, 3.05) is 0 Å². The zero-order valence-corrected chi connectivity index (χ0v) is 5.95. The highest BCUT2D eigenvalue weighted by atomic mass is 32.2. The van der Waals surface area contributed by atoms with Gasteiger partial charge in [-0.1, -0.05) is 0 Å². The highest BCUT2D eigenvalue weighted by Gasteiger charge is 1.95. The molecule has 3 nitrogen and oxygen atoms in total. The van der Waals surface area contributed by atoms with Crippen LogP contribution in [-0.4, -0.2) is 8.76 Å². The molecule has 1 aromatic rings. The summed E-state index contributed by atoms with van der Waals surface area (Å²) < 4.78 is 22.5. The maximum absolute atomic E-state index is 9.96. The van der Waals surface area contributed by atoms with E-state index in [0.717, 1.165) is 0 Å². The normalized spacial score (nSPS) is 13.0. The molecule has 5 heteroatoms. The fraction of sp³-hybridized carbons (Fsp3) is 0. The van der Waals surface area contributed by atoms with Crippen molar-refractivity contribution >= 4 is 22.7 Å². The summed E-state index contributed by atoms with van der Waals surface area (Å²) in [7, 11) is 0. The first kappa shape index (κ1) is 6.73. The van der Waals surface area contributed by atoms with Crippen LogP contribution in [-0.2, 0) is 11.4 Å². The van der Waals surface area contributed by atoms with Crippen LogP contribution in [0.15, 0.2) is 16.8 Å². The van der Waals surface area contributed by atoms with Gasteiger partial charge in [0.25, 0.3) is 0 Å². The minimum absolute atomic E-state index is 0.431. The van der Waals surface area contributed by atoms with Crippen molar-refractivity contribution in [3.8, 4) is 5.75 Å². The van der Waals surface area contributed by atoms with E-state index in [4.69, 9.17) is 4.55 Å². The molecule has 1 aromatic heterocycles. The van der Waals surface area contributed by atoms with Crippen molar-refractivity contribution in [3.63, 3.8) is 0 Å². The van der Waals surface area contributed by atoms with E-state index < -0.39 is 11.4 Å². The van der Waals surface area contributed by atoms with E-state index in [1.165, 1.54) is 11.3 Å². The van der Waals surface area contributed by atoms with E-state index >= 15 is 0 Å². The standard InChI is InChI=1S/C4H4O3S2/c5-9(6)7-4-1-2-8-3-4/h1-3H,(H,5,6). The fourth-order valence-corrected chi connectivity index (χ4v) is 1.26. The van der Waals surface area contributed by atoms with E-state index in [-0.39, 0.29) is 0 Å². The lowest BCUT2D eigenvalue weighted by atomic mass is 10.6. The Hall–Kier alpha value is -0.390. The molecule has 1 unspecified atom stereocenters. The van der Waals surface area contributed by atoms with Crippen LogP contribution in [0.4, 0.5) is 0 Å². The molecule has 0 bridgehead atoms. The Morgan fingerprint density at radius 3 is 3.00 bits per heavy atom. The molecule has 0 aliphatic carbocycles. The molecule has 0 saturated carbocycles. The van der Waals surface area contributed by atoms with Crippen molar-refractivity contribution in [2.45, 2.75) is 0 Å². The summed E-state index contributed by atoms with van der Waals surface area (Å²) in [5.41, 5.74) is 0. The summed E-state index contributed by atoms with van der Waals surface area (Å²) in [4.78, 5) is 0. The Morgan fingerprint density at radius 2 is 2.56 bits per heavy atom. The van der Waals surface area contributed by atoms with Crippen molar-refractivity contribution < 1.29 is 12.9 Å². The molecule has 1 atom stereocenters. The molecular formula is C4H4O3S2. The molecule has 0 fully saturated rings. The summed E-state index contributed by atoms with van der Waals surface area (Å²) in [6.07, 6.45) is 0. The predicted octanol–water partition coefficient (Wildman–Crippen LogP) is 1.26. The van der Waals surface area contributed by atoms with Gasteiger partial charge < -0.3 is 4.18 Å². The summed E-state index contributed by atoms with van der Waals surface area (Å²) in [6, 6.07) is 1.62. The van der Waals surface area contributed by atoms with E-state index in [1.807, 2.05) is 0 Å². The SMILES string of the molecule is O=S(O)Oc1ccsc1. The highest BCUT2D eigenvalue weighted by Crippen LogP contribution is 2.14. The number of hydrogen-bond donors (Lipinski definition) is 1. The molecule has 9 heavy (non-hydrogen) atoms. The summed E-state index contributed by atoms with van der Waals surface area (Å²) in [6.45, 7) is 0. The number of thiophene rings is 1. The van der Waals surface area contributed by atoms with Crippen LogP contribution in [0.1, 0.15) is 0 Å². The first-order valence-electron chi connectivity index (χ1n) is 2.10. The Kier molecular flexibility index (Phi) is 2.21. The lowest BCUT2D eigenvalue weighted by molar-refractivity contribution is 0.459. The van der Waals surface area contributed by atoms with Crippen molar-refractivity contribution in [3.05, 3.63) is 16.8 Å². The van der Waals surface area contributed by atoms with Gasteiger partial charge in [0.05, 0.1) is 0 Å². The molecule has 1 heterocycles. The molecule has 0 aliphatic heterocycles. The van der Waals surface area contributed by atoms with Crippen LogP contribution in [0.5, 0.6) is 5.75 Å². The molecule has 0 saturated heterocycles. The van der Waals surface area contributed by atoms with Crippen molar-refractivity contribution in [2.24, 2.45) is 0 Å². The second kappa shape index (κ2) is 2.95. The van der Waals surface area contributed by atoms with Crippen LogP contribution >= 0.6 is 11.3 Å². The molecule has 1 N–H and O–H groups in total. The average Bonchev–Trinajstić information content (AvgIpc) is 2.15. The van der Waals surface area contributed by atoms with Gasteiger partial charge >= 0.3 is 11.4 Å². The molecule has 50 valence electrons. The zero-order chi connectivity index (χ0) is 6.69. The zero-order valence-electron chi connectivity index (χ0n) is 4.31. The van der Waals surface area contributed by atoms with Gasteiger partial charge in [-0.15, -0.1) is 11.3 Å². The van der Waals surface area contributed by atoms with Gasteiger partial charge in [0.15, 0.2) is 5.75 Å². The van der Waals surface area contributed by atoms with Gasteiger partial charge in [-0.2, -0.15) is 4.21 Å². The molecular weight excluding hydrogens is 160 g/mol. The Morgan fingerprint density at radius 1 is 1.78 bits per heavy atom. The van der Waals surface area contributed by atoms with E-state index in [2.05, 4.69) is 4.18 Å². The topological polar surface area (TPSA) is 46.5 Å². The molecule has 0 aromatic carbocycles. The number of hydrogen-bond acceptors (Lipinski definition) is 3. The minimum atomic E-state index is -2.19. The summed E-state index contributed by atoms with van der Waals surface area (Å²) in [5, 5.41) is 3.41. The van der Waals surface area contributed by atoms with Gasteiger partial charge in [-0.3, -0.25) is 4.55 Å². The largest absolute Gasteiger partial charge is 0.379 e. The summed E-state index contributed by atoms with van der Waals surface area (Å²) in [5.74, 6) is 0.431. The fourth-order valence-electron chi connectivity index (χ4n) is 0.382. The monoisotopic (exact) mass is 164 g/mol. The predicted molar refractivity (Wildman–Crippen MR) is 35.7 cm³/mol. The first-order chi connectivity index (χ1) is 4.29. The van der Waals surface area contributed by atoms with Gasteiger partial charge in [-0.05, 0) is 11.4 Å². The minimum Gasteiger partial charge on any atom is -0.379 e. The second-order valence-electron chi connectivity index (χ2n) is 1.26. The lowest BCUT2D eigenvalue weighted by Crippen LogP contribution is -1.95. The van der Waals surface area contributed by atoms with Crippen LogP contribution in [0.3, 0.4) is 0 Å². The van der Waals surface area contributed by atoms with Gasteiger partial charge in [0.1, 0.15) is 0 Å². The van der Waals surface area contributed by atoms with Crippen LogP contribution in [0, 0.1) is 0 Å². The maximum Gasteiger partial charge on any atom is 0.357 e. The third-order valence-electron chi connectivity index (χ3n) is 0.663. The second-order valence-corrected chi connectivity index (χ2v) is 2.64. The molecule has 1 rings (SSSR count). The molecule has 0 amide bonds. The first-order valence-corrected chi connectivity index (χ1v) is 4.08. The highest BCUT2D eigenvalue weighted by molar-refractivity contribution is 7.74. The van der Waals surface area contributed by atoms with Gasteiger partial charge in [0, 0.05) is 5.38 Å². The molecule has 0 spiro atoms. The van der Waals surface area contributed by atoms with Gasteiger partial charge in [0.2, 0.25) is 0 Å². The third-order valence-corrected chi connectivity index (χ3v) is 1.66. The van der Waals surface area contributed by atoms with Gasteiger partial charge in [-0.25, -0.2) is 0 Å². The lowest BCUT2D eigenvalue weighted by Gasteiger charge is -1.91. The maximum atomic E-state index is 9.96. The molecule has 0 aliphatic rings. The Bertz CT molecular complexity index is 194. The van der Waals surface area contributed by atoms with Crippen LogP contribution < -0.4 is 4.18 Å².